The van der Waals surface area contributed by atoms with Crippen LogP contribution in [-0.4, -0.2) is 0 Å². The standard InChI is InChI=1S/C19H19/c1-3-9-17(10-4-1)19(13-7-8-16-14-15-16)18-11-5-2-6-12-18/h1-12,16H,13-15H2/b8-7-. The highest BCUT2D eigenvalue weighted by atomic mass is 14.2. The molecule has 0 spiro atoms. The zero-order valence-corrected chi connectivity index (χ0v) is 11.1. The molecule has 0 amide bonds. The molecule has 0 atom stereocenters. The van der Waals surface area contributed by atoms with Gasteiger partial charge in [-0.2, -0.15) is 0 Å². The minimum Gasteiger partial charge on any atom is -0.0870 e. The van der Waals surface area contributed by atoms with Gasteiger partial charge in [0.15, 0.2) is 0 Å². The predicted octanol–water partition coefficient (Wildman–Crippen LogP) is 5.01. The molecule has 2 aromatic carbocycles. The van der Waals surface area contributed by atoms with Crippen molar-refractivity contribution in [2.75, 3.05) is 0 Å². The normalized spacial score (nSPS) is 15.2. The van der Waals surface area contributed by atoms with E-state index in [0.29, 0.717) is 0 Å². The van der Waals surface area contributed by atoms with Crippen molar-refractivity contribution in [2.24, 2.45) is 5.92 Å². The molecule has 0 heterocycles. The number of rotatable bonds is 5. The van der Waals surface area contributed by atoms with Gasteiger partial charge >= 0.3 is 0 Å². The van der Waals surface area contributed by atoms with E-state index in [4.69, 9.17) is 0 Å². The molecular weight excluding hydrogens is 228 g/mol. The second-order valence-corrected chi connectivity index (χ2v) is 5.18. The molecule has 0 heteroatoms. The fourth-order valence-corrected chi connectivity index (χ4v) is 2.35. The van der Waals surface area contributed by atoms with E-state index < -0.39 is 0 Å². The lowest BCUT2D eigenvalue weighted by atomic mass is 9.88. The van der Waals surface area contributed by atoms with Gasteiger partial charge in [0.05, 0.1) is 0 Å². The molecule has 95 valence electrons. The Bertz CT molecular complexity index is 481. The van der Waals surface area contributed by atoms with Crippen LogP contribution in [0.2, 0.25) is 0 Å². The van der Waals surface area contributed by atoms with Gasteiger partial charge in [-0.3, -0.25) is 0 Å². The van der Waals surface area contributed by atoms with Crippen molar-refractivity contribution in [1.82, 2.24) is 0 Å². The lowest BCUT2D eigenvalue weighted by molar-refractivity contribution is 1.04. The highest BCUT2D eigenvalue weighted by Gasteiger charge is 2.18. The monoisotopic (exact) mass is 247 g/mol. The minimum absolute atomic E-state index is 0.854. The van der Waals surface area contributed by atoms with Gasteiger partial charge in [-0.05, 0) is 36.3 Å². The molecule has 1 fully saturated rings. The van der Waals surface area contributed by atoms with Crippen molar-refractivity contribution in [3.05, 3.63) is 89.9 Å². The first kappa shape index (κ1) is 12.2. The van der Waals surface area contributed by atoms with E-state index in [9.17, 15) is 0 Å². The second kappa shape index (κ2) is 5.88. The summed E-state index contributed by atoms with van der Waals surface area (Å²) in [5, 5.41) is 0. The summed E-state index contributed by atoms with van der Waals surface area (Å²) in [6.45, 7) is 0. The average Bonchev–Trinajstić information content (AvgIpc) is 3.30. The molecule has 19 heavy (non-hydrogen) atoms. The van der Waals surface area contributed by atoms with Gasteiger partial charge in [-0.1, -0.05) is 72.8 Å². The number of allylic oxidation sites excluding steroid dienone is 2. The van der Waals surface area contributed by atoms with Crippen LogP contribution in [0.1, 0.15) is 30.4 Å². The molecule has 0 saturated heterocycles. The Morgan fingerprint density at radius 1 is 0.842 bits per heavy atom. The molecule has 1 saturated carbocycles. The summed E-state index contributed by atoms with van der Waals surface area (Å²) in [5.41, 5.74) is 2.66. The van der Waals surface area contributed by atoms with Crippen LogP contribution in [0.15, 0.2) is 72.8 Å². The highest BCUT2D eigenvalue weighted by molar-refractivity contribution is 5.46. The van der Waals surface area contributed by atoms with E-state index in [2.05, 4.69) is 72.8 Å². The zero-order chi connectivity index (χ0) is 12.9. The molecule has 0 aromatic heterocycles. The maximum absolute atomic E-state index is 2.38. The first-order valence-electron chi connectivity index (χ1n) is 7.07. The fraction of sp³-hybridized carbons (Fsp3) is 0.211. The van der Waals surface area contributed by atoms with E-state index >= 15 is 0 Å². The summed E-state index contributed by atoms with van der Waals surface area (Å²) in [6.07, 6.45) is 8.49. The van der Waals surface area contributed by atoms with Gasteiger partial charge in [0.2, 0.25) is 0 Å². The third-order valence-corrected chi connectivity index (χ3v) is 3.60. The molecule has 0 unspecified atom stereocenters. The number of benzene rings is 2. The average molecular weight is 247 g/mol. The molecule has 0 aliphatic heterocycles. The maximum Gasteiger partial charge on any atom is 0.0377 e. The SMILES string of the molecule is C(=C/C1CC1)/C[C](c1ccccc1)c1ccccc1. The van der Waals surface area contributed by atoms with Gasteiger partial charge in [0.25, 0.3) is 0 Å². The summed E-state index contributed by atoms with van der Waals surface area (Å²) < 4.78 is 0. The van der Waals surface area contributed by atoms with Crippen molar-refractivity contribution < 1.29 is 0 Å². The Hall–Kier alpha value is -1.82. The van der Waals surface area contributed by atoms with Crippen molar-refractivity contribution in [2.45, 2.75) is 19.3 Å². The van der Waals surface area contributed by atoms with Crippen LogP contribution >= 0.6 is 0 Å². The third-order valence-electron chi connectivity index (χ3n) is 3.60. The van der Waals surface area contributed by atoms with Crippen LogP contribution in [0.25, 0.3) is 0 Å². The van der Waals surface area contributed by atoms with Gasteiger partial charge in [0.1, 0.15) is 0 Å². The first-order chi connectivity index (χ1) is 9.43. The Morgan fingerprint density at radius 2 is 1.37 bits per heavy atom. The van der Waals surface area contributed by atoms with E-state index in [-0.39, 0.29) is 0 Å². The smallest absolute Gasteiger partial charge is 0.0377 e. The fourth-order valence-electron chi connectivity index (χ4n) is 2.35. The van der Waals surface area contributed by atoms with E-state index in [1.807, 2.05) is 0 Å². The number of hydrogen-bond donors (Lipinski definition) is 0. The van der Waals surface area contributed by atoms with Crippen LogP contribution in [0.4, 0.5) is 0 Å². The molecule has 0 bridgehead atoms. The summed E-state index contributed by atoms with van der Waals surface area (Å²) >= 11 is 0. The largest absolute Gasteiger partial charge is 0.0870 e. The van der Waals surface area contributed by atoms with Crippen molar-refractivity contribution >= 4 is 0 Å². The van der Waals surface area contributed by atoms with Crippen molar-refractivity contribution in [3.63, 3.8) is 0 Å². The molecular formula is C19H19. The topological polar surface area (TPSA) is 0 Å². The van der Waals surface area contributed by atoms with Crippen LogP contribution in [0.5, 0.6) is 0 Å². The van der Waals surface area contributed by atoms with Crippen molar-refractivity contribution in [1.29, 1.82) is 0 Å². The Balaban J connectivity index is 1.82. The molecule has 2 aromatic rings. The summed E-state index contributed by atoms with van der Waals surface area (Å²) in [6, 6.07) is 21.4. The van der Waals surface area contributed by atoms with Gasteiger partial charge < -0.3 is 0 Å². The van der Waals surface area contributed by atoms with Gasteiger partial charge in [0, 0.05) is 5.92 Å². The zero-order valence-electron chi connectivity index (χ0n) is 11.1. The first-order valence-corrected chi connectivity index (χ1v) is 7.07. The predicted molar refractivity (Wildman–Crippen MR) is 80.8 cm³/mol. The molecule has 1 aliphatic carbocycles. The Labute approximate surface area is 115 Å². The molecule has 0 N–H and O–H groups in total. The number of hydrogen-bond acceptors (Lipinski definition) is 0. The van der Waals surface area contributed by atoms with Crippen LogP contribution in [0.3, 0.4) is 0 Å². The van der Waals surface area contributed by atoms with Gasteiger partial charge in [-0.15, -0.1) is 0 Å². The summed E-state index contributed by atoms with van der Waals surface area (Å²) in [7, 11) is 0. The molecule has 3 rings (SSSR count). The van der Waals surface area contributed by atoms with E-state index in [1.165, 1.54) is 29.9 Å². The Kier molecular flexibility index (Phi) is 3.78. The van der Waals surface area contributed by atoms with Gasteiger partial charge in [-0.25, -0.2) is 0 Å². The summed E-state index contributed by atoms with van der Waals surface area (Å²) in [5.74, 6) is 2.27. The van der Waals surface area contributed by atoms with Crippen molar-refractivity contribution in [3.8, 4) is 0 Å². The molecule has 0 nitrogen and oxygen atoms in total. The highest BCUT2D eigenvalue weighted by Crippen LogP contribution is 2.32. The maximum atomic E-state index is 2.38. The van der Waals surface area contributed by atoms with Crippen LogP contribution < -0.4 is 0 Å². The van der Waals surface area contributed by atoms with E-state index in [0.717, 1.165) is 12.3 Å². The lowest BCUT2D eigenvalue weighted by Gasteiger charge is -2.15. The summed E-state index contributed by atoms with van der Waals surface area (Å²) in [4.78, 5) is 0. The Morgan fingerprint density at radius 3 is 1.84 bits per heavy atom. The van der Waals surface area contributed by atoms with E-state index in [1.54, 1.807) is 0 Å². The minimum atomic E-state index is 0.854. The second-order valence-electron chi connectivity index (χ2n) is 5.18. The molecule has 1 radical (unpaired) electrons. The van der Waals surface area contributed by atoms with Crippen LogP contribution in [-0.2, 0) is 0 Å². The third kappa shape index (κ3) is 3.35. The quantitative estimate of drug-likeness (QED) is 0.651. The lowest BCUT2D eigenvalue weighted by Crippen LogP contribution is -2.00. The van der Waals surface area contributed by atoms with Crippen LogP contribution in [0, 0.1) is 11.8 Å². The molecule has 1 aliphatic rings.